The predicted molar refractivity (Wildman–Crippen MR) is 72.3 cm³/mol. The fourth-order valence-corrected chi connectivity index (χ4v) is 2.31. The number of aromatic carboxylic acids is 1. The van der Waals surface area contributed by atoms with Crippen LogP contribution in [-0.2, 0) is 16.0 Å². The van der Waals surface area contributed by atoms with E-state index >= 15 is 0 Å². The van der Waals surface area contributed by atoms with Crippen molar-refractivity contribution >= 4 is 17.8 Å². The van der Waals surface area contributed by atoms with Crippen LogP contribution in [0.3, 0.4) is 0 Å². The molecule has 2 amide bonds. The predicted octanol–water partition coefficient (Wildman–Crippen LogP) is 1.86. The first-order valence-electron chi connectivity index (χ1n) is 6.73. The maximum Gasteiger partial charge on any atom is 0.335 e. The molecule has 0 bridgehead atoms. The maximum atomic E-state index is 11.8. The minimum absolute atomic E-state index is 0.123. The zero-order valence-corrected chi connectivity index (χ0v) is 11.2. The summed E-state index contributed by atoms with van der Waals surface area (Å²) in [4.78, 5) is 35.9. The second-order valence-electron chi connectivity index (χ2n) is 4.90. The molecular weight excluding hydrogens is 258 g/mol. The van der Waals surface area contributed by atoms with Crippen LogP contribution in [-0.4, -0.2) is 34.3 Å². The lowest BCUT2D eigenvalue weighted by atomic mass is 10.1. The van der Waals surface area contributed by atoms with Crippen LogP contribution >= 0.6 is 0 Å². The third-order valence-corrected chi connectivity index (χ3v) is 3.43. The zero-order chi connectivity index (χ0) is 14.5. The molecule has 1 N–H and O–H groups in total. The molecule has 5 nitrogen and oxygen atoms in total. The number of hydrogen-bond acceptors (Lipinski definition) is 3. The van der Waals surface area contributed by atoms with Gasteiger partial charge in [-0.1, -0.05) is 12.1 Å². The molecule has 0 atom stereocenters. The molecule has 1 aliphatic heterocycles. The van der Waals surface area contributed by atoms with Crippen molar-refractivity contribution in [3.05, 3.63) is 35.4 Å². The van der Waals surface area contributed by atoms with E-state index in [2.05, 4.69) is 0 Å². The molecule has 0 aromatic heterocycles. The lowest BCUT2D eigenvalue weighted by molar-refractivity contribution is -0.143. The van der Waals surface area contributed by atoms with E-state index in [0.717, 1.165) is 18.4 Å². The summed E-state index contributed by atoms with van der Waals surface area (Å²) >= 11 is 0. The lowest BCUT2D eigenvalue weighted by Gasteiger charge is -2.18. The van der Waals surface area contributed by atoms with Crippen LogP contribution in [0.15, 0.2) is 24.3 Å². The largest absolute Gasteiger partial charge is 0.478 e. The Hall–Kier alpha value is -2.17. The summed E-state index contributed by atoms with van der Waals surface area (Å²) in [5.41, 5.74) is 1.03. The summed E-state index contributed by atoms with van der Waals surface area (Å²) in [6.07, 6.45) is 2.84. The molecule has 0 saturated carbocycles. The van der Waals surface area contributed by atoms with E-state index in [-0.39, 0.29) is 17.4 Å². The van der Waals surface area contributed by atoms with Crippen molar-refractivity contribution in [2.24, 2.45) is 0 Å². The molecule has 0 spiro atoms. The summed E-state index contributed by atoms with van der Waals surface area (Å²) in [5.74, 6) is -1.22. The van der Waals surface area contributed by atoms with E-state index in [1.807, 2.05) is 0 Å². The zero-order valence-electron chi connectivity index (χ0n) is 11.2. The fourth-order valence-electron chi connectivity index (χ4n) is 2.31. The van der Waals surface area contributed by atoms with Gasteiger partial charge in [-0.05, 0) is 37.0 Å². The number of carbonyl (C=O) groups excluding carboxylic acids is 2. The summed E-state index contributed by atoms with van der Waals surface area (Å²) in [6, 6.07) is 6.58. The average molecular weight is 275 g/mol. The Morgan fingerprint density at radius 2 is 1.80 bits per heavy atom. The first-order chi connectivity index (χ1) is 9.58. The molecule has 1 aromatic rings. The molecule has 20 heavy (non-hydrogen) atoms. The smallest absolute Gasteiger partial charge is 0.335 e. The van der Waals surface area contributed by atoms with Crippen molar-refractivity contribution < 1.29 is 19.5 Å². The molecule has 1 heterocycles. The molecule has 1 saturated heterocycles. The highest BCUT2D eigenvalue weighted by Gasteiger charge is 2.23. The van der Waals surface area contributed by atoms with E-state index in [9.17, 15) is 14.4 Å². The molecular formula is C15H17NO4. The number of carbonyl (C=O) groups is 3. The van der Waals surface area contributed by atoms with E-state index < -0.39 is 5.97 Å². The van der Waals surface area contributed by atoms with Crippen molar-refractivity contribution in [3.8, 4) is 0 Å². The van der Waals surface area contributed by atoms with Gasteiger partial charge in [-0.15, -0.1) is 0 Å². The minimum Gasteiger partial charge on any atom is -0.478 e. The third kappa shape index (κ3) is 3.44. The first kappa shape index (κ1) is 14.2. The van der Waals surface area contributed by atoms with Crippen molar-refractivity contribution in [2.45, 2.75) is 32.1 Å². The fraction of sp³-hybridized carbons (Fsp3) is 0.400. The van der Waals surface area contributed by atoms with Crippen molar-refractivity contribution in [3.63, 3.8) is 0 Å². The Bertz CT molecular complexity index is 520. The van der Waals surface area contributed by atoms with Gasteiger partial charge >= 0.3 is 5.97 Å². The number of hydrogen-bond donors (Lipinski definition) is 1. The number of amides is 2. The number of carboxylic acids is 1. The van der Waals surface area contributed by atoms with Gasteiger partial charge < -0.3 is 5.11 Å². The van der Waals surface area contributed by atoms with Crippen LogP contribution in [0.5, 0.6) is 0 Å². The molecule has 1 aromatic carbocycles. The number of nitrogens with zero attached hydrogens (tertiary/aromatic N) is 1. The van der Waals surface area contributed by atoms with Crippen LogP contribution in [0.25, 0.3) is 0 Å². The normalized spacial score (nSPS) is 16.1. The Balaban J connectivity index is 2.03. The molecule has 106 valence electrons. The monoisotopic (exact) mass is 275 g/mol. The second kappa shape index (κ2) is 6.32. The van der Waals surface area contributed by atoms with E-state index in [1.165, 1.54) is 11.0 Å². The molecule has 0 unspecified atom stereocenters. The number of imide groups is 1. The quantitative estimate of drug-likeness (QED) is 0.851. The molecule has 0 radical (unpaired) electrons. The standard InChI is InChI=1S/C15H17NO4/c17-13-6-1-2-7-14(18)16(13)9-8-11-4-3-5-12(10-11)15(19)20/h3-5,10H,1-2,6-9H2,(H,19,20). The Labute approximate surface area is 117 Å². The number of likely N-dealkylation sites (tertiary alicyclic amines) is 1. The van der Waals surface area contributed by atoms with Crippen LogP contribution < -0.4 is 0 Å². The first-order valence-corrected chi connectivity index (χ1v) is 6.73. The van der Waals surface area contributed by atoms with Crippen LogP contribution in [0, 0.1) is 0 Å². The molecule has 5 heteroatoms. The van der Waals surface area contributed by atoms with Gasteiger partial charge in [0.15, 0.2) is 0 Å². The SMILES string of the molecule is O=C(O)c1cccc(CCN2C(=O)CCCCC2=O)c1. The van der Waals surface area contributed by atoms with Gasteiger partial charge in [-0.2, -0.15) is 0 Å². The molecule has 1 aliphatic rings. The van der Waals surface area contributed by atoms with Gasteiger partial charge in [0, 0.05) is 19.4 Å². The van der Waals surface area contributed by atoms with E-state index in [1.54, 1.807) is 18.2 Å². The highest BCUT2D eigenvalue weighted by molar-refractivity contribution is 5.96. The molecule has 1 fully saturated rings. The van der Waals surface area contributed by atoms with E-state index in [0.29, 0.717) is 25.8 Å². The van der Waals surface area contributed by atoms with Crippen molar-refractivity contribution in [1.82, 2.24) is 4.90 Å². The summed E-state index contributed by atoms with van der Waals surface area (Å²) < 4.78 is 0. The Morgan fingerprint density at radius 3 is 2.40 bits per heavy atom. The summed E-state index contributed by atoms with van der Waals surface area (Å²) in [5, 5.41) is 8.93. The van der Waals surface area contributed by atoms with E-state index in [4.69, 9.17) is 5.11 Å². The van der Waals surface area contributed by atoms with Crippen LogP contribution in [0.2, 0.25) is 0 Å². The number of benzene rings is 1. The minimum atomic E-state index is -0.978. The Morgan fingerprint density at radius 1 is 1.15 bits per heavy atom. The van der Waals surface area contributed by atoms with Crippen LogP contribution in [0.1, 0.15) is 41.6 Å². The van der Waals surface area contributed by atoms with Gasteiger partial charge in [0.2, 0.25) is 11.8 Å². The third-order valence-electron chi connectivity index (χ3n) is 3.43. The summed E-state index contributed by atoms with van der Waals surface area (Å²) in [6.45, 7) is 0.320. The van der Waals surface area contributed by atoms with Crippen molar-refractivity contribution in [1.29, 1.82) is 0 Å². The highest BCUT2D eigenvalue weighted by Crippen LogP contribution is 2.14. The molecule has 0 aliphatic carbocycles. The van der Waals surface area contributed by atoms with Crippen LogP contribution in [0.4, 0.5) is 0 Å². The second-order valence-corrected chi connectivity index (χ2v) is 4.90. The van der Waals surface area contributed by atoms with Gasteiger partial charge in [0.05, 0.1) is 5.56 Å². The molecule has 2 rings (SSSR count). The van der Waals surface area contributed by atoms with Gasteiger partial charge in [-0.3, -0.25) is 14.5 Å². The Kier molecular flexibility index (Phi) is 4.50. The van der Waals surface area contributed by atoms with Gasteiger partial charge in [0.25, 0.3) is 0 Å². The number of carboxylic acid groups (broad SMARTS) is 1. The summed E-state index contributed by atoms with van der Waals surface area (Å²) in [7, 11) is 0. The topological polar surface area (TPSA) is 74.7 Å². The highest BCUT2D eigenvalue weighted by atomic mass is 16.4. The van der Waals surface area contributed by atoms with Gasteiger partial charge in [-0.25, -0.2) is 4.79 Å². The lowest BCUT2D eigenvalue weighted by Crippen LogP contribution is -2.36. The van der Waals surface area contributed by atoms with Gasteiger partial charge in [0.1, 0.15) is 0 Å². The average Bonchev–Trinajstić information content (AvgIpc) is 2.58. The number of rotatable bonds is 4. The maximum absolute atomic E-state index is 11.8. The van der Waals surface area contributed by atoms with Crippen molar-refractivity contribution in [2.75, 3.05) is 6.54 Å².